The number of carbonyl (C=O) groups excluding carboxylic acids is 1. The molecule has 0 bridgehead atoms. The molecule has 2 aromatic rings. The van der Waals surface area contributed by atoms with Crippen molar-refractivity contribution in [2.75, 3.05) is 5.73 Å². The first kappa shape index (κ1) is 15.7. The number of benzene rings is 1. The molecule has 0 saturated carbocycles. The number of hydrogen-bond donors (Lipinski definition) is 2. The number of nitrogens with two attached hydrogens (primary N) is 1. The minimum absolute atomic E-state index is 0.0475. The predicted octanol–water partition coefficient (Wildman–Crippen LogP) is 2.57. The summed E-state index contributed by atoms with van der Waals surface area (Å²) >= 11 is 0. The van der Waals surface area contributed by atoms with Crippen molar-refractivity contribution in [3.8, 4) is 0 Å². The molecule has 1 amide bonds. The number of rotatable bonds is 3. The van der Waals surface area contributed by atoms with Gasteiger partial charge >= 0.3 is 6.18 Å². The molecule has 2 rings (SSSR count). The first-order valence-corrected chi connectivity index (χ1v) is 6.34. The van der Waals surface area contributed by atoms with E-state index >= 15 is 0 Å². The number of carbonyl (C=O) groups is 1. The Morgan fingerprint density at radius 1 is 1.32 bits per heavy atom. The van der Waals surface area contributed by atoms with Gasteiger partial charge in [0.2, 0.25) is 5.95 Å². The lowest BCUT2D eigenvalue weighted by Gasteiger charge is -2.16. The number of anilines is 1. The minimum Gasteiger partial charge on any atom is -0.368 e. The molecule has 0 aliphatic rings. The van der Waals surface area contributed by atoms with Crippen LogP contribution in [0.1, 0.15) is 34.6 Å². The van der Waals surface area contributed by atoms with E-state index in [1.807, 2.05) is 0 Å². The monoisotopic (exact) mass is 310 g/mol. The van der Waals surface area contributed by atoms with Crippen molar-refractivity contribution in [3.63, 3.8) is 0 Å². The van der Waals surface area contributed by atoms with Crippen molar-refractivity contribution in [1.29, 1.82) is 0 Å². The molecule has 1 heterocycles. The van der Waals surface area contributed by atoms with Gasteiger partial charge in [-0.3, -0.25) is 4.79 Å². The molecule has 3 N–H and O–H groups in total. The molecule has 0 radical (unpaired) electrons. The SMILES string of the molecule is C[C@@H](NC(=O)c1ccnc(N)n1)c1cccc(C(F)(F)F)c1. The van der Waals surface area contributed by atoms with Crippen molar-refractivity contribution in [2.24, 2.45) is 0 Å². The lowest BCUT2D eigenvalue weighted by atomic mass is 10.0. The van der Waals surface area contributed by atoms with Crippen LogP contribution < -0.4 is 11.1 Å². The van der Waals surface area contributed by atoms with Gasteiger partial charge < -0.3 is 11.1 Å². The molecule has 0 aliphatic heterocycles. The highest BCUT2D eigenvalue weighted by Gasteiger charge is 2.30. The molecule has 1 aromatic heterocycles. The number of nitrogens with zero attached hydrogens (tertiary/aromatic N) is 2. The van der Waals surface area contributed by atoms with Crippen molar-refractivity contribution in [1.82, 2.24) is 15.3 Å². The van der Waals surface area contributed by atoms with Crippen LogP contribution in [-0.4, -0.2) is 15.9 Å². The Morgan fingerprint density at radius 2 is 2.05 bits per heavy atom. The zero-order valence-corrected chi connectivity index (χ0v) is 11.6. The first-order chi connectivity index (χ1) is 10.3. The Kier molecular flexibility index (Phi) is 4.30. The van der Waals surface area contributed by atoms with Gasteiger partial charge in [0.25, 0.3) is 5.91 Å². The second-order valence-electron chi connectivity index (χ2n) is 4.62. The fourth-order valence-electron chi connectivity index (χ4n) is 1.84. The fourth-order valence-corrected chi connectivity index (χ4v) is 1.84. The van der Waals surface area contributed by atoms with Gasteiger partial charge in [0.15, 0.2) is 0 Å². The first-order valence-electron chi connectivity index (χ1n) is 6.34. The lowest BCUT2D eigenvalue weighted by molar-refractivity contribution is -0.137. The summed E-state index contributed by atoms with van der Waals surface area (Å²) in [7, 11) is 0. The highest BCUT2D eigenvalue weighted by atomic mass is 19.4. The Labute approximate surface area is 124 Å². The molecule has 0 spiro atoms. The van der Waals surface area contributed by atoms with Crippen LogP contribution in [0.5, 0.6) is 0 Å². The Hall–Kier alpha value is -2.64. The van der Waals surface area contributed by atoms with Gasteiger partial charge in [-0.05, 0) is 30.7 Å². The van der Waals surface area contributed by atoms with Crippen LogP contribution in [0, 0.1) is 0 Å². The van der Waals surface area contributed by atoms with E-state index in [9.17, 15) is 18.0 Å². The molecule has 1 aromatic carbocycles. The standard InChI is InChI=1S/C14H13F3N4O/c1-8(9-3-2-4-10(7-9)14(15,16)17)20-12(22)11-5-6-19-13(18)21-11/h2-8H,1H3,(H,20,22)(H2,18,19,21)/t8-/m1/s1. The summed E-state index contributed by atoms with van der Waals surface area (Å²) in [6.07, 6.45) is -3.10. The predicted molar refractivity (Wildman–Crippen MR) is 73.8 cm³/mol. The van der Waals surface area contributed by atoms with Gasteiger partial charge in [-0.1, -0.05) is 12.1 Å². The average molecular weight is 310 g/mol. The summed E-state index contributed by atoms with van der Waals surface area (Å²) in [6, 6.07) is 5.52. The Bertz CT molecular complexity index is 688. The van der Waals surface area contributed by atoms with Gasteiger partial charge in [-0.25, -0.2) is 9.97 Å². The van der Waals surface area contributed by atoms with Gasteiger partial charge in [0, 0.05) is 6.20 Å². The summed E-state index contributed by atoms with van der Waals surface area (Å²) in [5.41, 5.74) is 5.00. The molecule has 1 atom stereocenters. The molecule has 116 valence electrons. The molecule has 0 aliphatic carbocycles. The lowest BCUT2D eigenvalue weighted by Crippen LogP contribution is -2.28. The summed E-state index contributed by atoms with van der Waals surface area (Å²) < 4.78 is 38.1. The van der Waals surface area contributed by atoms with E-state index in [-0.39, 0.29) is 11.6 Å². The molecule has 0 saturated heterocycles. The third-order valence-corrected chi connectivity index (χ3v) is 2.97. The van der Waals surface area contributed by atoms with Crippen LogP contribution in [-0.2, 0) is 6.18 Å². The molecular formula is C14H13F3N4O. The maximum atomic E-state index is 12.7. The smallest absolute Gasteiger partial charge is 0.368 e. The summed E-state index contributed by atoms with van der Waals surface area (Å²) in [5.74, 6) is -0.599. The second-order valence-corrected chi connectivity index (χ2v) is 4.62. The number of alkyl halides is 3. The van der Waals surface area contributed by atoms with E-state index in [1.165, 1.54) is 24.4 Å². The van der Waals surface area contributed by atoms with Crippen molar-refractivity contribution >= 4 is 11.9 Å². The zero-order chi connectivity index (χ0) is 16.3. The number of aromatic nitrogens is 2. The van der Waals surface area contributed by atoms with E-state index in [2.05, 4.69) is 15.3 Å². The molecule has 22 heavy (non-hydrogen) atoms. The molecule has 8 heteroatoms. The number of halogens is 3. The number of amides is 1. The molecule has 0 unspecified atom stereocenters. The topological polar surface area (TPSA) is 80.9 Å². The summed E-state index contributed by atoms with van der Waals surface area (Å²) in [4.78, 5) is 19.4. The molecular weight excluding hydrogens is 297 g/mol. The summed E-state index contributed by atoms with van der Waals surface area (Å²) in [6.45, 7) is 1.58. The van der Waals surface area contributed by atoms with E-state index in [0.717, 1.165) is 12.1 Å². The van der Waals surface area contributed by atoms with Crippen LogP contribution >= 0.6 is 0 Å². The van der Waals surface area contributed by atoms with E-state index < -0.39 is 23.7 Å². The van der Waals surface area contributed by atoms with Crippen LogP contribution in [0.25, 0.3) is 0 Å². The third kappa shape index (κ3) is 3.72. The van der Waals surface area contributed by atoms with Crippen LogP contribution in [0.4, 0.5) is 19.1 Å². The number of nitrogen functional groups attached to an aromatic ring is 1. The second kappa shape index (κ2) is 6.00. The van der Waals surface area contributed by atoms with E-state index in [0.29, 0.717) is 5.56 Å². The van der Waals surface area contributed by atoms with Crippen LogP contribution in [0.15, 0.2) is 36.5 Å². The largest absolute Gasteiger partial charge is 0.416 e. The van der Waals surface area contributed by atoms with Crippen molar-refractivity contribution in [2.45, 2.75) is 19.1 Å². The van der Waals surface area contributed by atoms with Gasteiger partial charge in [-0.15, -0.1) is 0 Å². The summed E-state index contributed by atoms with van der Waals surface area (Å²) in [5, 5.41) is 2.57. The number of hydrogen-bond acceptors (Lipinski definition) is 4. The van der Waals surface area contributed by atoms with Crippen LogP contribution in [0.2, 0.25) is 0 Å². The zero-order valence-electron chi connectivity index (χ0n) is 11.6. The van der Waals surface area contributed by atoms with Gasteiger partial charge in [-0.2, -0.15) is 13.2 Å². The molecule has 0 fully saturated rings. The van der Waals surface area contributed by atoms with Gasteiger partial charge in [0.1, 0.15) is 5.69 Å². The maximum Gasteiger partial charge on any atom is 0.416 e. The van der Waals surface area contributed by atoms with E-state index in [4.69, 9.17) is 5.73 Å². The highest BCUT2D eigenvalue weighted by molar-refractivity contribution is 5.92. The fraction of sp³-hybridized carbons (Fsp3) is 0.214. The normalized spacial score (nSPS) is 12.7. The molecule has 5 nitrogen and oxygen atoms in total. The van der Waals surface area contributed by atoms with Gasteiger partial charge in [0.05, 0.1) is 11.6 Å². The third-order valence-electron chi connectivity index (χ3n) is 2.97. The van der Waals surface area contributed by atoms with Crippen molar-refractivity contribution in [3.05, 3.63) is 53.3 Å². The van der Waals surface area contributed by atoms with Crippen molar-refractivity contribution < 1.29 is 18.0 Å². The van der Waals surface area contributed by atoms with E-state index in [1.54, 1.807) is 6.92 Å². The quantitative estimate of drug-likeness (QED) is 0.913. The average Bonchev–Trinajstić information content (AvgIpc) is 2.46. The Balaban J connectivity index is 2.15. The Morgan fingerprint density at radius 3 is 2.68 bits per heavy atom. The number of nitrogens with one attached hydrogen (secondary N) is 1. The van der Waals surface area contributed by atoms with Crippen LogP contribution in [0.3, 0.4) is 0 Å². The highest BCUT2D eigenvalue weighted by Crippen LogP contribution is 2.30. The minimum atomic E-state index is -4.43. The maximum absolute atomic E-state index is 12.7.